The fourth-order valence-electron chi connectivity index (χ4n) is 2.89. The Labute approximate surface area is 135 Å². The van der Waals surface area contributed by atoms with E-state index in [0.717, 1.165) is 26.2 Å². The minimum absolute atomic E-state index is 0.408. The summed E-state index contributed by atoms with van der Waals surface area (Å²) in [4.78, 5) is 27.8. The predicted molar refractivity (Wildman–Crippen MR) is 86.7 cm³/mol. The molecule has 1 saturated heterocycles. The molecule has 1 aliphatic heterocycles. The molecule has 2 rings (SSSR count). The molecule has 7 nitrogen and oxygen atoms in total. The lowest BCUT2D eigenvalue weighted by Gasteiger charge is -2.33. The molecule has 23 heavy (non-hydrogen) atoms. The van der Waals surface area contributed by atoms with Gasteiger partial charge in [0.2, 0.25) is 5.43 Å². The summed E-state index contributed by atoms with van der Waals surface area (Å²) in [6, 6.07) is 0.591. The Morgan fingerprint density at radius 2 is 1.96 bits per heavy atom. The summed E-state index contributed by atoms with van der Waals surface area (Å²) in [6.45, 7) is 6.06. The molecule has 0 saturated carbocycles. The van der Waals surface area contributed by atoms with Gasteiger partial charge in [0.15, 0.2) is 5.75 Å². The molecule has 1 aromatic heterocycles. The van der Waals surface area contributed by atoms with E-state index < -0.39 is 23.2 Å². The van der Waals surface area contributed by atoms with Crippen LogP contribution in [0.1, 0.15) is 31.5 Å². The molecule has 0 radical (unpaired) electrons. The Morgan fingerprint density at radius 3 is 2.52 bits per heavy atom. The Morgan fingerprint density at radius 1 is 1.30 bits per heavy atom. The number of carboxylic acids is 1. The van der Waals surface area contributed by atoms with Crippen molar-refractivity contribution in [2.75, 3.05) is 33.2 Å². The zero-order valence-corrected chi connectivity index (χ0v) is 13.7. The van der Waals surface area contributed by atoms with Gasteiger partial charge in [0, 0.05) is 44.5 Å². The summed E-state index contributed by atoms with van der Waals surface area (Å²) in [6.07, 6.45) is 2.42. The second-order valence-electron chi connectivity index (χ2n) is 6.14. The maximum atomic E-state index is 11.8. The highest BCUT2D eigenvalue weighted by atomic mass is 16.4. The SMILES string of the molecule is CCCC(C(=O)O)n1cc(O)c(=O)cc1CN1CCN(C)CC1. The number of carboxylic acid groups (broad SMARTS) is 1. The summed E-state index contributed by atoms with van der Waals surface area (Å²) < 4.78 is 1.54. The van der Waals surface area contributed by atoms with Crippen molar-refractivity contribution in [1.29, 1.82) is 0 Å². The van der Waals surface area contributed by atoms with Crippen LogP contribution in [0, 0.1) is 0 Å². The zero-order chi connectivity index (χ0) is 17.0. The van der Waals surface area contributed by atoms with Gasteiger partial charge in [-0.1, -0.05) is 13.3 Å². The van der Waals surface area contributed by atoms with Gasteiger partial charge in [-0.3, -0.25) is 9.69 Å². The van der Waals surface area contributed by atoms with Gasteiger partial charge in [0.05, 0.1) is 6.20 Å². The summed E-state index contributed by atoms with van der Waals surface area (Å²) in [5.74, 6) is -1.36. The highest BCUT2D eigenvalue weighted by Gasteiger charge is 2.23. The fourth-order valence-corrected chi connectivity index (χ4v) is 2.89. The predicted octanol–water partition coefficient (Wildman–Crippen LogP) is 0.727. The van der Waals surface area contributed by atoms with Crippen molar-refractivity contribution in [3.63, 3.8) is 0 Å². The normalized spacial score (nSPS) is 18.0. The summed E-state index contributed by atoms with van der Waals surface area (Å²) in [5.41, 5.74) is 0.171. The van der Waals surface area contributed by atoms with Crippen molar-refractivity contribution in [3.8, 4) is 5.75 Å². The van der Waals surface area contributed by atoms with Crippen molar-refractivity contribution in [2.45, 2.75) is 32.4 Å². The van der Waals surface area contributed by atoms with E-state index in [0.29, 0.717) is 25.1 Å². The third kappa shape index (κ3) is 4.33. The topological polar surface area (TPSA) is 86.0 Å². The Balaban J connectivity index is 2.31. The van der Waals surface area contributed by atoms with Crippen LogP contribution in [0.4, 0.5) is 0 Å². The molecule has 0 spiro atoms. The third-order valence-corrected chi connectivity index (χ3v) is 4.31. The molecule has 0 bridgehead atoms. The first-order chi connectivity index (χ1) is 10.9. The molecule has 2 N–H and O–H groups in total. The van der Waals surface area contributed by atoms with E-state index >= 15 is 0 Å². The molecular weight excluding hydrogens is 298 g/mol. The van der Waals surface area contributed by atoms with E-state index in [2.05, 4.69) is 16.8 Å². The number of rotatable bonds is 6. The molecule has 7 heteroatoms. The van der Waals surface area contributed by atoms with E-state index in [9.17, 15) is 19.8 Å². The minimum Gasteiger partial charge on any atom is -0.503 e. The highest BCUT2D eigenvalue weighted by Crippen LogP contribution is 2.20. The molecule has 1 aliphatic rings. The lowest BCUT2D eigenvalue weighted by atomic mass is 10.1. The average Bonchev–Trinajstić information content (AvgIpc) is 2.50. The first-order valence-electron chi connectivity index (χ1n) is 8.00. The second kappa shape index (κ2) is 7.61. The van der Waals surface area contributed by atoms with Gasteiger partial charge in [-0.2, -0.15) is 0 Å². The van der Waals surface area contributed by atoms with Crippen LogP contribution in [0.2, 0.25) is 0 Å². The van der Waals surface area contributed by atoms with Crippen LogP contribution >= 0.6 is 0 Å². The lowest BCUT2D eigenvalue weighted by molar-refractivity contribution is -0.141. The largest absolute Gasteiger partial charge is 0.503 e. The molecule has 0 aromatic carbocycles. The van der Waals surface area contributed by atoms with Gasteiger partial charge in [-0.25, -0.2) is 4.79 Å². The number of piperazine rings is 1. The monoisotopic (exact) mass is 323 g/mol. The van der Waals surface area contributed by atoms with Crippen molar-refractivity contribution >= 4 is 5.97 Å². The van der Waals surface area contributed by atoms with Crippen LogP contribution in [0.15, 0.2) is 17.1 Å². The van der Waals surface area contributed by atoms with Crippen LogP contribution in [0.5, 0.6) is 5.75 Å². The van der Waals surface area contributed by atoms with E-state index in [4.69, 9.17) is 0 Å². The molecule has 0 aliphatic carbocycles. The van der Waals surface area contributed by atoms with Crippen LogP contribution < -0.4 is 5.43 Å². The number of hydrogen-bond donors (Lipinski definition) is 2. The molecule has 1 unspecified atom stereocenters. The smallest absolute Gasteiger partial charge is 0.326 e. The number of aliphatic carboxylic acids is 1. The summed E-state index contributed by atoms with van der Waals surface area (Å²) in [5, 5.41) is 19.2. The van der Waals surface area contributed by atoms with Crippen molar-refractivity contribution < 1.29 is 15.0 Å². The van der Waals surface area contributed by atoms with Crippen molar-refractivity contribution in [1.82, 2.24) is 14.4 Å². The number of carbonyl (C=O) groups is 1. The lowest BCUT2D eigenvalue weighted by Crippen LogP contribution is -2.44. The summed E-state index contributed by atoms with van der Waals surface area (Å²) >= 11 is 0. The number of hydrogen-bond acceptors (Lipinski definition) is 5. The van der Waals surface area contributed by atoms with E-state index in [1.165, 1.54) is 12.3 Å². The minimum atomic E-state index is -0.950. The van der Waals surface area contributed by atoms with Gasteiger partial charge in [0.1, 0.15) is 6.04 Å². The number of likely N-dealkylation sites (N-methyl/N-ethyl adjacent to an activating group) is 1. The van der Waals surface area contributed by atoms with E-state index in [1.54, 1.807) is 4.57 Å². The molecule has 128 valence electrons. The number of aromatic hydroxyl groups is 1. The van der Waals surface area contributed by atoms with Crippen LogP contribution in [-0.2, 0) is 11.3 Å². The molecular formula is C16H25N3O4. The molecule has 1 fully saturated rings. The number of pyridine rings is 1. The quantitative estimate of drug-likeness (QED) is 0.802. The maximum Gasteiger partial charge on any atom is 0.326 e. The van der Waals surface area contributed by atoms with Crippen molar-refractivity contribution in [2.24, 2.45) is 0 Å². The molecule has 0 amide bonds. The Kier molecular flexibility index (Phi) is 5.79. The van der Waals surface area contributed by atoms with Crippen LogP contribution in [0.3, 0.4) is 0 Å². The first kappa shape index (κ1) is 17.5. The molecule has 2 heterocycles. The van der Waals surface area contributed by atoms with E-state index in [1.807, 2.05) is 6.92 Å². The number of nitrogens with zero attached hydrogens (tertiary/aromatic N) is 3. The van der Waals surface area contributed by atoms with Crippen LogP contribution in [0.25, 0.3) is 0 Å². The highest BCUT2D eigenvalue weighted by molar-refractivity contribution is 5.72. The Hall–Kier alpha value is -1.86. The first-order valence-corrected chi connectivity index (χ1v) is 8.00. The fraction of sp³-hybridized carbons (Fsp3) is 0.625. The van der Waals surface area contributed by atoms with Gasteiger partial charge in [-0.15, -0.1) is 0 Å². The number of aromatic nitrogens is 1. The average molecular weight is 323 g/mol. The zero-order valence-electron chi connectivity index (χ0n) is 13.7. The van der Waals surface area contributed by atoms with Crippen molar-refractivity contribution in [3.05, 3.63) is 28.2 Å². The van der Waals surface area contributed by atoms with E-state index in [-0.39, 0.29) is 0 Å². The molecule has 1 atom stereocenters. The van der Waals surface area contributed by atoms with Gasteiger partial charge < -0.3 is 19.7 Å². The van der Waals surface area contributed by atoms with Gasteiger partial charge >= 0.3 is 5.97 Å². The maximum absolute atomic E-state index is 11.8. The molecule has 1 aromatic rings. The third-order valence-electron chi connectivity index (χ3n) is 4.31. The summed E-state index contributed by atoms with van der Waals surface area (Å²) in [7, 11) is 2.07. The Bertz CT molecular complexity index is 606. The van der Waals surface area contributed by atoms with Gasteiger partial charge in [-0.05, 0) is 13.5 Å². The van der Waals surface area contributed by atoms with Gasteiger partial charge in [0.25, 0.3) is 0 Å². The standard InChI is InChI=1S/C16H25N3O4/c1-3-4-13(16(22)23)19-11-15(21)14(20)9-12(19)10-18-7-5-17(2)6-8-18/h9,11,13,21H,3-8,10H2,1-2H3,(H,22,23). The van der Waals surface area contributed by atoms with Crippen LogP contribution in [-0.4, -0.2) is 63.8 Å². The second-order valence-corrected chi connectivity index (χ2v) is 6.14.